The van der Waals surface area contributed by atoms with Crippen LogP contribution in [0.2, 0.25) is 0 Å². The summed E-state index contributed by atoms with van der Waals surface area (Å²) >= 11 is 0. The minimum absolute atomic E-state index is 0. The number of methoxy groups -OCH3 is 1. The smallest absolute Gasteiger partial charge is 0.119 e. The van der Waals surface area contributed by atoms with Crippen molar-refractivity contribution >= 4 is 22.7 Å². The molecule has 0 unspecified atom stereocenters. The monoisotopic (exact) mass is 356 g/mol. The van der Waals surface area contributed by atoms with E-state index in [4.69, 9.17) is 9.84 Å². The molecular weight excluding hydrogens is 332 g/mol. The van der Waals surface area contributed by atoms with Crippen LogP contribution < -0.4 is 9.64 Å². The number of ether oxygens (including phenoxy) is 1. The van der Waals surface area contributed by atoms with E-state index in [0.717, 1.165) is 12.4 Å². The molecular formula is C16H25BrN2O2. The molecule has 0 aliphatic carbocycles. The molecule has 21 heavy (non-hydrogen) atoms. The van der Waals surface area contributed by atoms with Gasteiger partial charge in [0, 0.05) is 23.6 Å². The molecule has 1 aromatic carbocycles. The molecule has 1 N–H and O–H groups in total. The van der Waals surface area contributed by atoms with E-state index in [1.165, 1.54) is 28.2 Å². The normalized spacial score (nSPS) is 14.6. The van der Waals surface area contributed by atoms with Gasteiger partial charge in [-0.1, -0.05) is 0 Å². The number of halogens is 1. The van der Waals surface area contributed by atoms with Crippen LogP contribution in [0.3, 0.4) is 0 Å². The highest BCUT2D eigenvalue weighted by atomic mass is 79.9. The molecule has 0 saturated heterocycles. The summed E-state index contributed by atoms with van der Waals surface area (Å²) in [6.07, 6.45) is 0. The van der Waals surface area contributed by atoms with Crippen molar-refractivity contribution in [1.29, 1.82) is 0 Å². The van der Waals surface area contributed by atoms with Gasteiger partial charge < -0.3 is 19.6 Å². The average molecular weight is 357 g/mol. The van der Waals surface area contributed by atoms with E-state index in [1.807, 2.05) is 0 Å². The zero-order chi connectivity index (χ0) is 14.9. The van der Waals surface area contributed by atoms with Crippen molar-refractivity contribution in [1.82, 2.24) is 4.90 Å². The Hall–Kier alpha value is -1.20. The van der Waals surface area contributed by atoms with Gasteiger partial charge in [0.15, 0.2) is 0 Å². The fraction of sp³-hybridized carbons (Fsp3) is 0.500. The highest BCUT2D eigenvalue weighted by Crippen LogP contribution is 2.35. The Morgan fingerprint density at radius 3 is 2.14 bits per heavy atom. The van der Waals surface area contributed by atoms with Gasteiger partial charge in [-0.15, -0.1) is 17.0 Å². The molecule has 0 bridgehead atoms. The van der Waals surface area contributed by atoms with E-state index in [-0.39, 0.29) is 23.6 Å². The number of rotatable bonds is 4. The van der Waals surface area contributed by atoms with Crippen LogP contribution in [-0.4, -0.2) is 36.9 Å². The predicted octanol–water partition coefficient (Wildman–Crippen LogP) is 3.21. The molecule has 0 fully saturated rings. The molecule has 1 aliphatic heterocycles. The number of benzene rings is 1. The molecule has 2 rings (SSSR count). The summed E-state index contributed by atoms with van der Waals surface area (Å²) in [5.41, 5.74) is 6.13. The molecule has 118 valence electrons. The van der Waals surface area contributed by atoms with Crippen molar-refractivity contribution in [2.45, 2.75) is 27.7 Å². The van der Waals surface area contributed by atoms with Crippen LogP contribution >= 0.6 is 17.0 Å². The molecule has 5 heteroatoms. The van der Waals surface area contributed by atoms with Crippen molar-refractivity contribution in [2.75, 3.05) is 31.8 Å². The van der Waals surface area contributed by atoms with Crippen LogP contribution in [0.25, 0.3) is 0 Å². The third-order valence-corrected chi connectivity index (χ3v) is 4.06. The minimum atomic E-state index is 0. The van der Waals surface area contributed by atoms with Gasteiger partial charge in [0.1, 0.15) is 5.75 Å². The fourth-order valence-electron chi connectivity index (χ4n) is 2.86. The molecule has 1 aromatic rings. The summed E-state index contributed by atoms with van der Waals surface area (Å²) < 4.78 is 5.33. The topological polar surface area (TPSA) is 35.9 Å². The lowest BCUT2D eigenvalue weighted by atomic mass is 10.1. The summed E-state index contributed by atoms with van der Waals surface area (Å²) in [6, 6.07) is 4.14. The minimum Gasteiger partial charge on any atom is -0.497 e. The van der Waals surface area contributed by atoms with Gasteiger partial charge in [0.2, 0.25) is 0 Å². The van der Waals surface area contributed by atoms with Gasteiger partial charge in [0.25, 0.3) is 0 Å². The van der Waals surface area contributed by atoms with Crippen LogP contribution in [0.1, 0.15) is 25.0 Å². The number of aryl methyl sites for hydroxylation is 2. The van der Waals surface area contributed by atoms with Crippen molar-refractivity contribution in [3.8, 4) is 5.75 Å². The number of hydrogen-bond acceptors (Lipinski definition) is 4. The number of anilines is 1. The summed E-state index contributed by atoms with van der Waals surface area (Å²) in [7, 11) is 1.70. The molecule has 4 nitrogen and oxygen atoms in total. The SMILES string of the molecule is Br.COc1cc(C)c(N2CN(CCO)C(C)=C2C)c(C)c1. The Morgan fingerprint density at radius 2 is 1.67 bits per heavy atom. The number of allylic oxidation sites excluding steroid dienone is 2. The highest BCUT2D eigenvalue weighted by molar-refractivity contribution is 8.93. The first-order chi connectivity index (χ1) is 9.49. The Morgan fingerprint density at radius 1 is 1.10 bits per heavy atom. The summed E-state index contributed by atoms with van der Waals surface area (Å²) in [6.45, 7) is 10.1. The van der Waals surface area contributed by atoms with E-state index >= 15 is 0 Å². The fourth-order valence-corrected chi connectivity index (χ4v) is 2.86. The lowest BCUT2D eigenvalue weighted by Gasteiger charge is -2.26. The first-order valence-electron chi connectivity index (χ1n) is 6.95. The molecule has 1 aliphatic rings. The van der Waals surface area contributed by atoms with Crippen LogP contribution in [-0.2, 0) is 0 Å². The Kier molecular flexibility index (Phi) is 6.10. The maximum Gasteiger partial charge on any atom is 0.119 e. The van der Waals surface area contributed by atoms with E-state index in [2.05, 4.69) is 49.6 Å². The standard InChI is InChI=1S/C16H24N2O2.BrH/c1-11-8-15(20-5)9-12(2)16(11)18-10-17(6-7-19)13(3)14(18)4;/h8-9,19H,6-7,10H2,1-5H3;1H. The maximum absolute atomic E-state index is 9.17. The van der Waals surface area contributed by atoms with E-state index < -0.39 is 0 Å². The molecule has 0 atom stereocenters. The van der Waals surface area contributed by atoms with Crippen LogP contribution in [0.15, 0.2) is 23.5 Å². The number of β-amino-alcohol motifs (C(OH)–C–C–N with tert-alkyl or cyclic N) is 1. The van der Waals surface area contributed by atoms with Crippen LogP contribution in [0, 0.1) is 13.8 Å². The van der Waals surface area contributed by atoms with Crippen molar-refractivity contribution in [3.63, 3.8) is 0 Å². The quantitative estimate of drug-likeness (QED) is 0.898. The molecule has 1 heterocycles. The van der Waals surface area contributed by atoms with Crippen LogP contribution in [0.4, 0.5) is 5.69 Å². The summed E-state index contributed by atoms with van der Waals surface area (Å²) in [4.78, 5) is 4.52. The number of nitrogens with zero attached hydrogens (tertiary/aromatic N) is 2. The third-order valence-electron chi connectivity index (χ3n) is 4.06. The third kappa shape index (κ3) is 3.35. The molecule has 0 radical (unpaired) electrons. The summed E-state index contributed by atoms with van der Waals surface area (Å²) in [5, 5.41) is 9.17. The van der Waals surface area contributed by atoms with Crippen molar-refractivity contribution in [2.24, 2.45) is 0 Å². The van der Waals surface area contributed by atoms with Crippen LogP contribution in [0.5, 0.6) is 5.75 Å². The predicted molar refractivity (Wildman–Crippen MR) is 92.3 cm³/mol. The zero-order valence-corrected chi connectivity index (χ0v) is 15.1. The maximum atomic E-state index is 9.17. The summed E-state index contributed by atoms with van der Waals surface area (Å²) in [5.74, 6) is 0.897. The van der Waals surface area contributed by atoms with Gasteiger partial charge in [-0.2, -0.15) is 0 Å². The second-order valence-electron chi connectivity index (χ2n) is 5.34. The van der Waals surface area contributed by atoms with E-state index in [0.29, 0.717) is 6.54 Å². The highest BCUT2D eigenvalue weighted by Gasteiger charge is 2.26. The average Bonchev–Trinajstić information content (AvgIpc) is 2.67. The molecule has 0 saturated carbocycles. The Labute approximate surface area is 137 Å². The first-order valence-corrected chi connectivity index (χ1v) is 6.95. The van der Waals surface area contributed by atoms with Gasteiger partial charge in [-0.3, -0.25) is 0 Å². The molecule has 0 spiro atoms. The number of aliphatic hydroxyl groups excluding tert-OH is 1. The van der Waals surface area contributed by atoms with Crippen molar-refractivity contribution < 1.29 is 9.84 Å². The largest absolute Gasteiger partial charge is 0.497 e. The second kappa shape index (κ2) is 7.18. The lowest BCUT2D eigenvalue weighted by Crippen LogP contribution is -2.30. The van der Waals surface area contributed by atoms with E-state index in [1.54, 1.807) is 7.11 Å². The lowest BCUT2D eigenvalue weighted by molar-refractivity contribution is 0.236. The first kappa shape index (κ1) is 17.9. The zero-order valence-electron chi connectivity index (χ0n) is 13.4. The van der Waals surface area contributed by atoms with Gasteiger partial charge >= 0.3 is 0 Å². The van der Waals surface area contributed by atoms with Gasteiger partial charge in [-0.25, -0.2) is 0 Å². The van der Waals surface area contributed by atoms with Crippen molar-refractivity contribution in [3.05, 3.63) is 34.7 Å². The number of aliphatic hydroxyl groups is 1. The molecule has 0 aromatic heterocycles. The second-order valence-corrected chi connectivity index (χ2v) is 5.34. The Bertz CT molecular complexity index is 520. The van der Waals surface area contributed by atoms with Gasteiger partial charge in [0.05, 0.1) is 20.4 Å². The van der Waals surface area contributed by atoms with Gasteiger partial charge in [-0.05, 0) is 51.0 Å². The molecule has 0 amide bonds. The Balaban J connectivity index is 0.00000220. The number of hydrogen-bond donors (Lipinski definition) is 1. The van der Waals surface area contributed by atoms with E-state index in [9.17, 15) is 0 Å².